The highest BCUT2D eigenvalue weighted by Gasteiger charge is 2.42. The van der Waals surface area contributed by atoms with Crippen LogP contribution < -0.4 is 4.72 Å². The van der Waals surface area contributed by atoms with Crippen molar-refractivity contribution < 1.29 is 23.1 Å². The molecule has 1 heterocycles. The van der Waals surface area contributed by atoms with Crippen molar-refractivity contribution in [3.8, 4) is 0 Å². The molecule has 1 aliphatic heterocycles. The van der Waals surface area contributed by atoms with E-state index in [1.165, 1.54) is 29.2 Å². The van der Waals surface area contributed by atoms with Crippen molar-refractivity contribution in [3.63, 3.8) is 0 Å². The Labute approximate surface area is 157 Å². The van der Waals surface area contributed by atoms with Crippen LogP contribution in [0.25, 0.3) is 0 Å². The van der Waals surface area contributed by atoms with Gasteiger partial charge in [0.1, 0.15) is 0 Å². The van der Waals surface area contributed by atoms with Crippen LogP contribution in [0.4, 0.5) is 5.69 Å². The van der Waals surface area contributed by atoms with Gasteiger partial charge in [-0.1, -0.05) is 18.2 Å². The minimum atomic E-state index is -3.76. The van der Waals surface area contributed by atoms with Gasteiger partial charge in [0.25, 0.3) is 15.9 Å². The number of sulfonamides is 1. The molecule has 7 nitrogen and oxygen atoms in total. The van der Waals surface area contributed by atoms with E-state index < -0.39 is 21.4 Å². The molecule has 27 heavy (non-hydrogen) atoms. The van der Waals surface area contributed by atoms with E-state index in [0.29, 0.717) is 24.2 Å². The summed E-state index contributed by atoms with van der Waals surface area (Å²) in [5.74, 6) is -1.23. The molecule has 0 bridgehead atoms. The van der Waals surface area contributed by atoms with Gasteiger partial charge in [0, 0.05) is 24.3 Å². The number of anilines is 1. The highest BCUT2D eigenvalue weighted by Crippen LogP contribution is 2.31. The largest absolute Gasteiger partial charge is 0.481 e. The topological polar surface area (TPSA) is 104 Å². The predicted octanol–water partition coefficient (Wildman–Crippen LogP) is 2.42. The van der Waals surface area contributed by atoms with E-state index in [2.05, 4.69) is 4.72 Å². The normalized spacial score (nSPS) is 19.7. The monoisotopic (exact) mass is 388 g/mol. The minimum absolute atomic E-state index is 0.0414. The number of carbonyl (C=O) groups is 2. The summed E-state index contributed by atoms with van der Waals surface area (Å²) in [7, 11) is -3.76. The fraction of sp³-hybridized carbons (Fsp3) is 0.263. The van der Waals surface area contributed by atoms with Crippen molar-refractivity contribution in [1.82, 2.24) is 4.90 Å². The maximum atomic E-state index is 12.6. The van der Waals surface area contributed by atoms with Gasteiger partial charge in [0.15, 0.2) is 0 Å². The number of carboxylic acid groups (broad SMARTS) is 1. The Kier molecular flexibility index (Phi) is 4.93. The molecule has 1 aliphatic rings. The van der Waals surface area contributed by atoms with Crippen LogP contribution in [0.15, 0.2) is 59.5 Å². The standard InChI is InChI=1S/C19H20N2O5S/c1-19(18(23)24)11-12-21(13-19)17(22)14-7-9-16(10-8-14)27(25,26)20-15-5-3-2-4-6-15/h2-10,20H,11-13H2,1H3,(H,23,24). The number of hydrogen-bond donors (Lipinski definition) is 2. The van der Waals surface area contributed by atoms with Crippen molar-refractivity contribution in [3.05, 3.63) is 60.2 Å². The molecule has 0 radical (unpaired) electrons. The zero-order valence-electron chi connectivity index (χ0n) is 14.8. The molecule has 0 aliphatic carbocycles. The van der Waals surface area contributed by atoms with Crippen molar-refractivity contribution >= 4 is 27.6 Å². The summed E-state index contributed by atoms with van der Waals surface area (Å²) in [6.07, 6.45) is 0.390. The lowest BCUT2D eigenvalue weighted by molar-refractivity contribution is -0.147. The molecule has 0 saturated carbocycles. The molecule has 1 saturated heterocycles. The summed E-state index contributed by atoms with van der Waals surface area (Å²) in [5, 5.41) is 9.28. The number of carboxylic acids is 1. The first-order valence-electron chi connectivity index (χ1n) is 8.42. The van der Waals surface area contributed by atoms with Gasteiger partial charge in [0.05, 0.1) is 10.3 Å². The molecule has 3 rings (SSSR count). The van der Waals surface area contributed by atoms with E-state index >= 15 is 0 Å². The van der Waals surface area contributed by atoms with Gasteiger partial charge in [-0.25, -0.2) is 8.42 Å². The van der Waals surface area contributed by atoms with Crippen LogP contribution in [0, 0.1) is 5.41 Å². The molecular weight excluding hydrogens is 368 g/mol. The van der Waals surface area contributed by atoms with Gasteiger partial charge in [-0.2, -0.15) is 0 Å². The van der Waals surface area contributed by atoms with Crippen LogP contribution >= 0.6 is 0 Å². The molecule has 1 unspecified atom stereocenters. The smallest absolute Gasteiger partial charge is 0.311 e. The number of likely N-dealkylation sites (tertiary alicyclic amines) is 1. The zero-order valence-corrected chi connectivity index (χ0v) is 15.6. The third kappa shape index (κ3) is 3.95. The van der Waals surface area contributed by atoms with E-state index in [4.69, 9.17) is 0 Å². The van der Waals surface area contributed by atoms with Crippen LogP contribution in [0.1, 0.15) is 23.7 Å². The van der Waals surface area contributed by atoms with Gasteiger partial charge < -0.3 is 10.0 Å². The van der Waals surface area contributed by atoms with E-state index in [9.17, 15) is 23.1 Å². The second kappa shape index (κ2) is 7.03. The number of amides is 1. The molecular formula is C19H20N2O5S. The number of para-hydroxylation sites is 1. The van der Waals surface area contributed by atoms with Crippen molar-refractivity contribution in [2.24, 2.45) is 5.41 Å². The number of carbonyl (C=O) groups excluding carboxylic acids is 1. The van der Waals surface area contributed by atoms with Gasteiger partial charge in [-0.05, 0) is 49.7 Å². The summed E-state index contributed by atoms with van der Waals surface area (Å²) in [6, 6.07) is 14.1. The summed E-state index contributed by atoms with van der Waals surface area (Å²) < 4.78 is 27.3. The Morgan fingerprint density at radius 3 is 2.26 bits per heavy atom. The molecule has 2 N–H and O–H groups in total. The fourth-order valence-electron chi connectivity index (χ4n) is 2.99. The number of nitrogens with one attached hydrogen (secondary N) is 1. The van der Waals surface area contributed by atoms with Crippen LogP contribution in [0.2, 0.25) is 0 Å². The average Bonchev–Trinajstić information content (AvgIpc) is 3.05. The van der Waals surface area contributed by atoms with E-state index in [1.54, 1.807) is 37.3 Å². The lowest BCUT2D eigenvalue weighted by Crippen LogP contribution is -2.34. The fourth-order valence-corrected chi connectivity index (χ4v) is 4.05. The summed E-state index contributed by atoms with van der Waals surface area (Å²) in [6.45, 7) is 2.11. The number of benzene rings is 2. The summed E-state index contributed by atoms with van der Waals surface area (Å²) >= 11 is 0. The first-order valence-corrected chi connectivity index (χ1v) is 9.90. The SMILES string of the molecule is CC1(C(=O)O)CCN(C(=O)c2ccc(S(=O)(=O)Nc3ccccc3)cc2)C1. The highest BCUT2D eigenvalue weighted by atomic mass is 32.2. The van der Waals surface area contributed by atoms with Crippen molar-refractivity contribution in [2.75, 3.05) is 17.8 Å². The Balaban J connectivity index is 1.74. The van der Waals surface area contributed by atoms with Crippen LogP contribution in [-0.4, -0.2) is 43.4 Å². The molecule has 2 aromatic rings. The Bertz CT molecular complexity index is 957. The van der Waals surface area contributed by atoms with Gasteiger partial charge in [0.2, 0.25) is 0 Å². The summed E-state index contributed by atoms with van der Waals surface area (Å²) in [4.78, 5) is 25.4. The average molecular weight is 388 g/mol. The summed E-state index contributed by atoms with van der Waals surface area (Å²) in [5.41, 5.74) is -0.176. The van der Waals surface area contributed by atoms with Crippen LogP contribution in [0.5, 0.6) is 0 Å². The number of rotatable bonds is 5. The molecule has 1 fully saturated rings. The van der Waals surface area contributed by atoms with Crippen molar-refractivity contribution in [2.45, 2.75) is 18.2 Å². The quantitative estimate of drug-likeness (QED) is 0.819. The molecule has 0 spiro atoms. The second-order valence-electron chi connectivity index (χ2n) is 6.84. The predicted molar refractivity (Wildman–Crippen MR) is 100.0 cm³/mol. The number of nitrogens with zero attached hydrogens (tertiary/aromatic N) is 1. The van der Waals surface area contributed by atoms with Gasteiger partial charge >= 0.3 is 5.97 Å². The van der Waals surface area contributed by atoms with Gasteiger partial charge in [-0.3, -0.25) is 14.3 Å². The number of aliphatic carboxylic acids is 1. The zero-order chi connectivity index (χ0) is 19.7. The molecule has 1 amide bonds. The molecule has 0 aromatic heterocycles. The van der Waals surface area contributed by atoms with E-state index in [1.807, 2.05) is 0 Å². The number of hydrogen-bond acceptors (Lipinski definition) is 4. The molecule has 1 atom stereocenters. The first-order chi connectivity index (χ1) is 12.7. The maximum Gasteiger partial charge on any atom is 0.311 e. The minimum Gasteiger partial charge on any atom is -0.481 e. The highest BCUT2D eigenvalue weighted by molar-refractivity contribution is 7.92. The van der Waals surface area contributed by atoms with E-state index in [-0.39, 0.29) is 17.3 Å². The van der Waals surface area contributed by atoms with Crippen molar-refractivity contribution in [1.29, 1.82) is 0 Å². The molecule has 142 valence electrons. The van der Waals surface area contributed by atoms with E-state index in [0.717, 1.165) is 0 Å². The first kappa shape index (κ1) is 18.9. The Morgan fingerprint density at radius 2 is 1.70 bits per heavy atom. The lowest BCUT2D eigenvalue weighted by Gasteiger charge is -2.20. The molecule has 2 aromatic carbocycles. The lowest BCUT2D eigenvalue weighted by atomic mass is 9.90. The Hall–Kier alpha value is -2.87. The van der Waals surface area contributed by atoms with Gasteiger partial charge in [-0.15, -0.1) is 0 Å². The van der Waals surface area contributed by atoms with Crippen LogP contribution in [-0.2, 0) is 14.8 Å². The Morgan fingerprint density at radius 1 is 1.07 bits per heavy atom. The molecule has 8 heteroatoms. The van der Waals surface area contributed by atoms with Crippen LogP contribution in [0.3, 0.4) is 0 Å². The maximum absolute atomic E-state index is 12.6. The second-order valence-corrected chi connectivity index (χ2v) is 8.52. The third-order valence-corrected chi connectivity index (χ3v) is 6.11. The third-order valence-electron chi connectivity index (χ3n) is 4.71.